The quantitative estimate of drug-likeness (QED) is 0.371. The number of amides is 1. The van der Waals surface area contributed by atoms with Gasteiger partial charge in [-0.25, -0.2) is 0 Å². The number of carbonyl (C=O) groups excluding carboxylic acids is 1. The molecule has 0 spiro atoms. The number of aliphatic hydroxyl groups excluding tert-OH is 1. The van der Waals surface area contributed by atoms with Gasteiger partial charge in [0.2, 0.25) is 5.91 Å². The minimum absolute atomic E-state index is 0.167. The molecule has 0 heterocycles. The normalized spacial score (nSPS) is 10.1. The number of carbonyl (C=O) groups is 1. The van der Waals surface area contributed by atoms with E-state index in [1.54, 1.807) is 26.8 Å². The molecule has 0 aliphatic carbocycles. The van der Waals surface area contributed by atoms with Gasteiger partial charge in [-0.15, -0.1) is 0 Å². The fourth-order valence-corrected chi connectivity index (χ4v) is 0.164. The molecule has 0 radical (unpaired) electrons. The molecule has 0 fully saturated rings. The van der Waals surface area contributed by atoms with Crippen LogP contribution in [0, 0.1) is 0 Å². The average molecular weight is 243 g/mol. The van der Waals surface area contributed by atoms with Crippen LogP contribution in [0.25, 0.3) is 0 Å². The molecule has 0 saturated heterocycles. The standard InChI is InChI=1S/C4H7NO.C3H8O.H2O4S/c1-2-3-4(5)6;1-3(2)4;1-5(2,3)4/h2-3H,1H3,(H2,5,6);3-4H,1-2H3;(H2,1,2,3,4). The second kappa shape index (κ2) is 11.1. The Kier molecular flexibility index (Phi) is 14.5. The Balaban J connectivity index is -0.000000147. The molecule has 0 aromatic rings. The fourth-order valence-electron chi connectivity index (χ4n) is 0.164. The summed E-state index contributed by atoms with van der Waals surface area (Å²) in [6.45, 7) is 5.19. The first-order valence-electron chi connectivity index (χ1n) is 3.80. The predicted molar refractivity (Wildman–Crippen MR) is 55.5 cm³/mol. The number of aliphatic hydroxyl groups is 1. The van der Waals surface area contributed by atoms with E-state index in [0.717, 1.165) is 0 Å². The van der Waals surface area contributed by atoms with Crippen molar-refractivity contribution in [1.82, 2.24) is 0 Å². The largest absolute Gasteiger partial charge is 0.394 e. The number of hydrogen-bond donors (Lipinski definition) is 4. The first-order chi connectivity index (χ1) is 6.50. The van der Waals surface area contributed by atoms with E-state index in [1.165, 1.54) is 6.08 Å². The van der Waals surface area contributed by atoms with E-state index >= 15 is 0 Å². The molecule has 92 valence electrons. The highest BCUT2D eigenvalue weighted by Crippen LogP contribution is 1.65. The maximum absolute atomic E-state index is 9.73. The minimum atomic E-state index is -4.67. The van der Waals surface area contributed by atoms with Crippen LogP contribution in [0.4, 0.5) is 0 Å². The van der Waals surface area contributed by atoms with Crippen molar-refractivity contribution >= 4 is 16.3 Å². The van der Waals surface area contributed by atoms with Crippen LogP contribution < -0.4 is 5.73 Å². The second-order valence-electron chi connectivity index (χ2n) is 2.44. The van der Waals surface area contributed by atoms with Gasteiger partial charge >= 0.3 is 10.4 Å². The van der Waals surface area contributed by atoms with Crippen LogP contribution in [-0.2, 0) is 15.2 Å². The van der Waals surface area contributed by atoms with Crippen LogP contribution in [0.5, 0.6) is 0 Å². The van der Waals surface area contributed by atoms with Crippen molar-refractivity contribution in [2.45, 2.75) is 26.9 Å². The Labute approximate surface area is 89.2 Å². The summed E-state index contributed by atoms with van der Waals surface area (Å²) in [6, 6.07) is 0. The van der Waals surface area contributed by atoms with Gasteiger partial charge in [0.1, 0.15) is 0 Å². The molecule has 0 bridgehead atoms. The van der Waals surface area contributed by atoms with Gasteiger partial charge in [-0.1, -0.05) is 6.08 Å². The average Bonchev–Trinajstić information content (AvgIpc) is 1.79. The van der Waals surface area contributed by atoms with E-state index in [1.807, 2.05) is 0 Å². The highest BCUT2D eigenvalue weighted by atomic mass is 32.3. The molecule has 5 N–H and O–H groups in total. The third-order valence-electron chi connectivity index (χ3n) is 0.331. The molecule has 0 aromatic carbocycles. The van der Waals surface area contributed by atoms with E-state index in [9.17, 15) is 4.79 Å². The van der Waals surface area contributed by atoms with Gasteiger partial charge in [-0.3, -0.25) is 13.9 Å². The number of nitrogens with two attached hydrogens (primary N) is 1. The molecule has 7 nitrogen and oxygen atoms in total. The summed E-state index contributed by atoms with van der Waals surface area (Å²) in [4.78, 5) is 9.73. The summed E-state index contributed by atoms with van der Waals surface area (Å²) in [5.41, 5.74) is 4.68. The third kappa shape index (κ3) is 382. The Morgan fingerprint density at radius 1 is 1.33 bits per heavy atom. The Bertz CT molecular complexity index is 258. The van der Waals surface area contributed by atoms with Crippen LogP contribution in [-0.4, -0.2) is 34.6 Å². The zero-order valence-electron chi connectivity index (χ0n) is 8.78. The summed E-state index contributed by atoms with van der Waals surface area (Å²) < 4.78 is 31.6. The Morgan fingerprint density at radius 2 is 1.53 bits per heavy atom. The SMILES string of the molecule is CC(C)O.CC=CC(N)=O.O=S(=O)(O)O. The van der Waals surface area contributed by atoms with Crippen molar-refractivity contribution in [3.63, 3.8) is 0 Å². The highest BCUT2D eigenvalue weighted by molar-refractivity contribution is 7.79. The van der Waals surface area contributed by atoms with Gasteiger partial charge in [0.25, 0.3) is 0 Å². The zero-order valence-corrected chi connectivity index (χ0v) is 9.60. The molecule has 0 aliphatic rings. The first kappa shape index (κ1) is 19.6. The van der Waals surface area contributed by atoms with Gasteiger partial charge in [-0.05, 0) is 26.8 Å². The van der Waals surface area contributed by atoms with Crippen LogP contribution >= 0.6 is 0 Å². The van der Waals surface area contributed by atoms with Gasteiger partial charge in [0, 0.05) is 6.10 Å². The van der Waals surface area contributed by atoms with Crippen LogP contribution in [0.2, 0.25) is 0 Å². The summed E-state index contributed by atoms with van der Waals surface area (Å²) in [5.74, 6) is -0.391. The molecule has 8 heteroatoms. The maximum atomic E-state index is 9.73. The summed E-state index contributed by atoms with van der Waals surface area (Å²) in [7, 11) is -4.67. The first-order valence-corrected chi connectivity index (χ1v) is 5.20. The topological polar surface area (TPSA) is 138 Å². The lowest BCUT2D eigenvalue weighted by atomic mass is 10.5. The molecule has 0 unspecified atom stereocenters. The lowest BCUT2D eigenvalue weighted by Gasteiger charge is -1.80. The van der Waals surface area contributed by atoms with E-state index in [-0.39, 0.29) is 6.10 Å². The third-order valence-corrected chi connectivity index (χ3v) is 0.331. The molecule has 0 aliphatic heterocycles. The van der Waals surface area contributed by atoms with E-state index in [0.29, 0.717) is 0 Å². The van der Waals surface area contributed by atoms with Gasteiger partial charge in [0.05, 0.1) is 0 Å². The van der Waals surface area contributed by atoms with Crippen LogP contribution in [0.15, 0.2) is 12.2 Å². The van der Waals surface area contributed by atoms with Crippen molar-refractivity contribution in [2.24, 2.45) is 5.73 Å². The maximum Gasteiger partial charge on any atom is 0.394 e. The molecule has 15 heavy (non-hydrogen) atoms. The van der Waals surface area contributed by atoms with Crippen LogP contribution in [0.3, 0.4) is 0 Å². The fraction of sp³-hybridized carbons (Fsp3) is 0.571. The zero-order chi connectivity index (χ0) is 13.1. The number of allylic oxidation sites excluding steroid dienone is 1. The molecule has 1 amide bonds. The van der Waals surface area contributed by atoms with Crippen molar-refractivity contribution < 1.29 is 27.4 Å². The summed E-state index contributed by atoms with van der Waals surface area (Å²) in [5, 5.41) is 8.06. The minimum Gasteiger partial charge on any atom is -0.394 e. The van der Waals surface area contributed by atoms with Gasteiger partial charge < -0.3 is 10.8 Å². The van der Waals surface area contributed by atoms with Gasteiger partial charge in [0.15, 0.2) is 0 Å². The smallest absolute Gasteiger partial charge is 0.394 e. The molecular formula is C7H17NO6S. The molecular weight excluding hydrogens is 226 g/mol. The number of rotatable bonds is 1. The van der Waals surface area contributed by atoms with Crippen LogP contribution in [0.1, 0.15) is 20.8 Å². The van der Waals surface area contributed by atoms with E-state index in [2.05, 4.69) is 5.73 Å². The number of hydrogen-bond acceptors (Lipinski definition) is 4. The lowest BCUT2D eigenvalue weighted by Crippen LogP contribution is -2.04. The highest BCUT2D eigenvalue weighted by Gasteiger charge is 1.84. The van der Waals surface area contributed by atoms with Crippen molar-refractivity contribution in [1.29, 1.82) is 0 Å². The summed E-state index contributed by atoms with van der Waals surface area (Å²) >= 11 is 0. The predicted octanol–water partition coefficient (Wildman–Crippen LogP) is -0.218. The van der Waals surface area contributed by atoms with Crippen molar-refractivity contribution in [3.8, 4) is 0 Å². The van der Waals surface area contributed by atoms with Gasteiger partial charge in [-0.2, -0.15) is 8.42 Å². The molecule has 0 atom stereocenters. The van der Waals surface area contributed by atoms with Crippen molar-refractivity contribution in [3.05, 3.63) is 12.2 Å². The molecule has 0 rings (SSSR count). The Hall–Kier alpha value is -0.960. The monoisotopic (exact) mass is 243 g/mol. The van der Waals surface area contributed by atoms with Crippen molar-refractivity contribution in [2.75, 3.05) is 0 Å². The second-order valence-corrected chi connectivity index (χ2v) is 3.34. The molecule has 0 aromatic heterocycles. The molecule has 0 saturated carbocycles. The summed E-state index contributed by atoms with van der Waals surface area (Å²) in [6.07, 6.45) is 2.74. The van der Waals surface area contributed by atoms with E-state index in [4.69, 9.17) is 22.6 Å². The van der Waals surface area contributed by atoms with E-state index < -0.39 is 16.3 Å². The Morgan fingerprint density at radius 3 is 1.53 bits per heavy atom. The number of primary amides is 1. The lowest BCUT2D eigenvalue weighted by molar-refractivity contribution is -0.113.